The summed E-state index contributed by atoms with van der Waals surface area (Å²) in [6.45, 7) is 2.59. The predicted molar refractivity (Wildman–Crippen MR) is 90.7 cm³/mol. The molecular formula is C17H15ClN2O3. The molecule has 0 saturated carbocycles. The monoisotopic (exact) mass is 330 g/mol. The predicted octanol–water partition coefficient (Wildman–Crippen LogP) is 4.79. The Labute approximate surface area is 138 Å². The van der Waals surface area contributed by atoms with Crippen LogP contribution >= 0.6 is 11.6 Å². The Kier molecular flexibility index (Phi) is 4.21. The van der Waals surface area contributed by atoms with Gasteiger partial charge in [-0.3, -0.25) is 0 Å². The molecule has 0 saturated heterocycles. The maximum absolute atomic E-state index is 11.0. The molecule has 23 heavy (non-hydrogen) atoms. The molecule has 0 aliphatic carbocycles. The van der Waals surface area contributed by atoms with Gasteiger partial charge in [0.25, 0.3) is 0 Å². The van der Waals surface area contributed by atoms with Crippen molar-refractivity contribution >= 4 is 28.2 Å². The van der Waals surface area contributed by atoms with Crippen LogP contribution in [0.15, 0.2) is 47.6 Å². The zero-order valence-corrected chi connectivity index (χ0v) is 13.2. The number of aromatic hydroxyl groups is 1. The Balaban J connectivity index is 1.90. The second-order valence-corrected chi connectivity index (χ2v) is 5.57. The van der Waals surface area contributed by atoms with Gasteiger partial charge in [-0.2, -0.15) is 0 Å². The first kappa shape index (κ1) is 15.4. The zero-order valence-electron chi connectivity index (χ0n) is 12.5. The number of halogens is 1. The van der Waals surface area contributed by atoms with Gasteiger partial charge in [0.15, 0.2) is 5.69 Å². The van der Waals surface area contributed by atoms with Crippen LogP contribution in [0, 0.1) is 11.8 Å². The van der Waals surface area contributed by atoms with E-state index in [0.29, 0.717) is 29.3 Å². The number of aryl methyl sites for hydroxylation is 1. The fourth-order valence-corrected chi connectivity index (χ4v) is 2.87. The van der Waals surface area contributed by atoms with Gasteiger partial charge in [0, 0.05) is 5.39 Å². The molecule has 0 fully saturated rings. The highest BCUT2D eigenvalue weighted by molar-refractivity contribution is 6.32. The molecule has 6 heteroatoms. The van der Waals surface area contributed by atoms with E-state index in [4.69, 9.17) is 16.3 Å². The third kappa shape index (κ3) is 2.75. The molecule has 0 atom stereocenters. The van der Waals surface area contributed by atoms with E-state index in [9.17, 15) is 10.0 Å². The lowest BCUT2D eigenvalue weighted by Gasteiger charge is -2.11. The zero-order chi connectivity index (χ0) is 16.4. The maximum Gasteiger partial charge on any atom is 0.222 e. The van der Waals surface area contributed by atoms with Crippen LogP contribution in [0.1, 0.15) is 5.56 Å². The van der Waals surface area contributed by atoms with Crippen LogP contribution in [0.4, 0.5) is 5.69 Å². The van der Waals surface area contributed by atoms with Crippen LogP contribution < -0.4 is 4.74 Å². The van der Waals surface area contributed by atoms with Gasteiger partial charge in [-0.25, -0.2) is 0 Å². The molecule has 0 aliphatic heterocycles. The summed E-state index contributed by atoms with van der Waals surface area (Å²) < 4.78 is 7.29. The number of benzene rings is 2. The van der Waals surface area contributed by atoms with Crippen molar-refractivity contribution in [2.45, 2.75) is 13.5 Å². The van der Waals surface area contributed by atoms with Crippen molar-refractivity contribution in [3.05, 3.63) is 58.0 Å². The first-order valence-electron chi connectivity index (χ1n) is 7.15. The van der Waals surface area contributed by atoms with Crippen LogP contribution in [-0.4, -0.2) is 16.3 Å². The van der Waals surface area contributed by atoms with Crippen molar-refractivity contribution in [1.82, 2.24) is 4.57 Å². The molecule has 3 aromatic rings. The number of nitroso groups, excluding NO2 is 1. The van der Waals surface area contributed by atoms with Crippen LogP contribution in [-0.2, 0) is 6.54 Å². The van der Waals surface area contributed by atoms with E-state index in [1.807, 2.05) is 31.2 Å². The number of hydrogen-bond donors (Lipinski definition) is 1. The number of fused-ring (bicyclic) bond motifs is 1. The third-order valence-electron chi connectivity index (χ3n) is 3.73. The van der Waals surface area contributed by atoms with Crippen molar-refractivity contribution in [1.29, 1.82) is 0 Å². The van der Waals surface area contributed by atoms with Crippen LogP contribution in [0.3, 0.4) is 0 Å². The molecule has 0 aliphatic rings. The van der Waals surface area contributed by atoms with E-state index in [-0.39, 0.29) is 11.6 Å². The van der Waals surface area contributed by atoms with Gasteiger partial charge in [0.1, 0.15) is 12.4 Å². The van der Waals surface area contributed by atoms with Gasteiger partial charge < -0.3 is 14.4 Å². The van der Waals surface area contributed by atoms with E-state index < -0.39 is 0 Å². The number of aromatic nitrogens is 1. The largest absolute Gasteiger partial charge is 0.493 e. The van der Waals surface area contributed by atoms with Gasteiger partial charge in [-0.05, 0) is 29.8 Å². The topological polar surface area (TPSA) is 63.8 Å². The average molecular weight is 331 g/mol. The third-order valence-corrected chi connectivity index (χ3v) is 4.04. The summed E-state index contributed by atoms with van der Waals surface area (Å²) >= 11 is 6.05. The lowest BCUT2D eigenvalue weighted by atomic mass is 10.1. The Bertz CT molecular complexity index is 874. The molecule has 2 aromatic carbocycles. The van der Waals surface area contributed by atoms with Crippen molar-refractivity contribution in [2.75, 3.05) is 6.61 Å². The number of nitrogens with zero attached hydrogens (tertiary/aromatic N) is 2. The summed E-state index contributed by atoms with van der Waals surface area (Å²) in [6.07, 6.45) is 0. The Morgan fingerprint density at radius 2 is 2.00 bits per heavy atom. The summed E-state index contributed by atoms with van der Waals surface area (Å²) in [5.74, 6) is 0.433. The fourth-order valence-electron chi connectivity index (χ4n) is 2.68. The minimum atomic E-state index is -0.146. The molecule has 0 bridgehead atoms. The molecule has 118 valence electrons. The minimum absolute atomic E-state index is 0.0569. The Morgan fingerprint density at radius 1 is 1.22 bits per heavy atom. The average Bonchev–Trinajstić information content (AvgIpc) is 2.82. The molecular weight excluding hydrogens is 316 g/mol. The van der Waals surface area contributed by atoms with E-state index >= 15 is 0 Å². The quantitative estimate of drug-likeness (QED) is 0.684. The summed E-state index contributed by atoms with van der Waals surface area (Å²) in [5.41, 5.74) is 1.79. The van der Waals surface area contributed by atoms with E-state index in [1.54, 1.807) is 22.8 Å². The normalized spacial score (nSPS) is 10.9. The second-order valence-electron chi connectivity index (χ2n) is 5.17. The van der Waals surface area contributed by atoms with Gasteiger partial charge in [-0.1, -0.05) is 41.9 Å². The number of ether oxygens (including phenoxy) is 1. The molecule has 0 radical (unpaired) electrons. The SMILES string of the molecule is Cc1cccc2c(N=O)c(O)n(CCOc3ccccc3Cl)c12. The molecule has 3 rings (SSSR count). The Morgan fingerprint density at radius 3 is 2.74 bits per heavy atom. The highest BCUT2D eigenvalue weighted by atomic mass is 35.5. The molecule has 0 spiro atoms. The van der Waals surface area contributed by atoms with Crippen molar-refractivity contribution in [3.63, 3.8) is 0 Å². The standard InChI is InChI=1S/C17H15ClN2O3/c1-11-5-4-6-12-15(19-22)17(21)20(16(11)12)9-10-23-14-8-3-2-7-13(14)18/h2-8,21H,9-10H2,1H3. The van der Waals surface area contributed by atoms with Gasteiger partial charge in [0.05, 0.1) is 17.1 Å². The van der Waals surface area contributed by atoms with E-state index in [1.165, 1.54) is 0 Å². The van der Waals surface area contributed by atoms with Crippen LogP contribution in [0.2, 0.25) is 5.02 Å². The first-order valence-corrected chi connectivity index (χ1v) is 7.52. The van der Waals surface area contributed by atoms with E-state index in [0.717, 1.165) is 11.1 Å². The summed E-state index contributed by atoms with van der Waals surface area (Å²) in [5, 5.41) is 14.4. The number of para-hydroxylation sites is 2. The van der Waals surface area contributed by atoms with E-state index in [2.05, 4.69) is 5.18 Å². The molecule has 0 unspecified atom stereocenters. The molecule has 1 heterocycles. The lowest BCUT2D eigenvalue weighted by molar-refractivity contribution is 0.291. The molecule has 1 N–H and O–H groups in total. The summed E-state index contributed by atoms with van der Waals surface area (Å²) in [6, 6.07) is 12.7. The molecule has 0 amide bonds. The first-order chi connectivity index (χ1) is 11.1. The van der Waals surface area contributed by atoms with Gasteiger partial charge >= 0.3 is 0 Å². The molecule has 5 nitrogen and oxygen atoms in total. The van der Waals surface area contributed by atoms with Crippen molar-refractivity contribution < 1.29 is 9.84 Å². The highest BCUT2D eigenvalue weighted by Crippen LogP contribution is 2.39. The molecule has 1 aromatic heterocycles. The second kappa shape index (κ2) is 6.30. The summed E-state index contributed by atoms with van der Waals surface area (Å²) in [4.78, 5) is 11.0. The van der Waals surface area contributed by atoms with Crippen LogP contribution in [0.5, 0.6) is 11.6 Å². The number of rotatable bonds is 5. The minimum Gasteiger partial charge on any atom is -0.493 e. The number of hydrogen-bond acceptors (Lipinski definition) is 4. The maximum atomic E-state index is 11.0. The smallest absolute Gasteiger partial charge is 0.222 e. The van der Waals surface area contributed by atoms with Crippen molar-refractivity contribution in [3.8, 4) is 11.6 Å². The van der Waals surface area contributed by atoms with Crippen molar-refractivity contribution in [2.24, 2.45) is 5.18 Å². The van der Waals surface area contributed by atoms with Gasteiger partial charge in [0.2, 0.25) is 5.88 Å². The van der Waals surface area contributed by atoms with Crippen LogP contribution in [0.25, 0.3) is 10.9 Å². The fraction of sp³-hybridized carbons (Fsp3) is 0.176. The lowest BCUT2D eigenvalue weighted by Crippen LogP contribution is -2.08. The van der Waals surface area contributed by atoms with Gasteiger partial charge in [-0.15, -0.1) is 4.91 Å². The Hall–Kier alpha value is -2.53. The highest BCUT2D eigenvalue weighted by Gasteiger charge is 2.18. The summed E-state index contributed by atoms with van der Waals surface area (Å²) in [7, 11) is 0.